The predicted molar refractivity (Wildman–Crippen MR) is 65.9 cm³/mol. The van der Waals surface area contributed by atoms with Crippen molar-refractivity contribution in [3.05, 3.63) is 65.7 Å². The summed E-state index contributed by atoms with van der Waals surface area (Å²) in [6, 6.07) is 18.3. The third-order valence-electron chi connectivity index (χ3n) is 2.84. The Kier molecular flexibility index (Phi) is 2.80. The fourth-order valence-corrected chi connectivity index (χ4v) is 1.84. The largest absolute Gasteiger partial charge is 0.489 e. The lowest BCUT2D eigenvalue weighted by molar-refractivity contribution is 0.298. The first-order valence-electron chi connectivity index (χ1n) is 5.81. The summed E-state index contributed by atoms with van der Waals surface area (Å²) in [5.74, 6) is 0.929. The fraction of sp³-hybridized carbons (Fsp3) is 0.200. The summed E-state index contributed by atoms with van der Waals surface area (Å²) in [7, 11) is 0. The van der Waals surface area contributed by atoms with E-state index in [4.69, 9.17) is 9.47 Å². The highest BCUT2D eigenvalue weighted by Gasteiger charge is 2.27. The minimum absolute atomic E-state index is 0.238. The van der Waals surface area contributed by atoms with Crippen molar-refractivity contribution < 1.29 is 9.47 Å². The van der Waals surface area contributed by atoms with Crippen LogP contribution in [0.2, 0.25) is 0 Å². The Morgan fingerprint density at radius 3 is 2.47 bits per heavy atom. The maximum Gasteiger partial charge on any atom is 0.125 e. The maximum atomic E-state index is 5.84. The first-order chi connectivity index (χ1) is 8.43. The summed E-state index contributed by atoms with van der Waals surface area (Å²) in [6.45, 7) is 1.41. The molecule has 2 nitrogen and oxygen atoms in total. The highest BCUT2D eigenvalue weighted by Crippen LogP contribution is 2.36. The van der Waals surface area contributed by atoms with Crippen LogP contribution in [0, 0.1) is 0 Å². The van der Waals surface area contributed by atoms with Crippen LogP contribution in [0.1, 0.15) is 17.2 Å². The average molecular weight is 226 g/mol. The van der Waals surface area contributed by atoms with Crippen molar-refractivity contribution in [3.8, 4) is 5.75 Å². The van der Waals surface area contributed by atoms with Crippen LogP contribution in [-0.4, -0.2) is 6.61 Å². The zero-order valence-corrected chi connectivity index (χ0v) is 9.50. The molecule has 1 heterocycles. The summed E-state index contributed by atoms with van der Waals surface area (Å²) in [6.07, 6.45) is 0.238. The van der Waals surface area contributed by atoms with Crippen molar-refractivity contribution in [3.63, 3.8) is 0 Å². The van der Waals surface area contributed by atoms with Crippen molar-refractivity contribution in [2.24, 2.45) is 0 Å². The van der Waals surface area contributed by atoms with Gasteiger partial charge in [-0.3, -0.25) is 0 Å². The molecule has 0 aromatic heterocycles. The van der Waals surface area contributed by atoms with Gasteiger partial charge in [0.25, 0.3) is 0 Å². The topological polar surface area (TPSA) is 21.8 Å². The molecule has 17 heavy (non-hydrogen) atoms. The molecular weight excluding hydrogens is 212 g/mol. The summed E-state index contributed by atoms with van der Waals surface area (Å²) < 4.78 is 11.2. The van der Waals surface area contributed by atoms with Crippen LogP contribution in [0.5, 0.6) is 5.75 Å². The molecule has 0 radical (unpaired) electrons. The van der Waals surface area contributed by atoms with Crippen molar-refractivity contribution >= 4 is 0 Å². The van der Waals surface area contributed by atoms with Gasteiger partial charge in [-0.1, -0.05) is 48.5 Å². The second-order valence-corrected chi connectivity index (χ2v) is 4.13. The van der Waals surface area contributed by atoms with Gasteiger partial charge in [-0.25, -0.2) is 0 Å². The van der Waals surface area contributed by atoms with Gasteiger partial charge < -0.3 is 9.47 Å². The van der Waals surface area contributed by atoms with Crippen LogP contribution < -0.4 is 4.74 Å². The standard InChI is InChI=1S/C15H14O2/c1-2-6-12(7-3-1)10-16-14-9-5-4-8-13(14)15-11-17-15/h1-9,15H,10-11H2/t15-/m1/s1. The monoisotopic (exact) mass is 226 g/mol. The first kappa shape index (κ1) is 10.4. The van der Waals surface area contributed by atoms with Gasteiger partial charge in [0, 0.05) is 5.56 Å². The number of ether oxygens (including phenoxy) is 2. The molecule has 86 valence electrons. The van der Waals surface area contributed by atoms with Gasteiger partial charge in [0.05, 0.1) is 6.61 Å². The number of hydrogen-bond donors (Lipinski definition) is 0. The van der Waals surface area contributed by atoms with Gasteiger partial charge in [0.2, 0.25) is 0 Å². The lowest BCUT2D eigenvalue weighted by Gasteiger charge is -2.09. The second-order valence-electron chi connectivity index (χ2n) is 4.13. The molecule has 3 rings (SSSR count). The Hall–Kier alpha value is -1.80. The molecular formula is C15H14O2. The smallest absolute Gasteiger partial charge is 0.125 e. The van der Waals surface area contributed by atoms with E-state index in [2.05, 4.69) is 18.2 Å². The molecule has 1 saturated heterocycles. The van der Waals surface area contributed by atoms with Crippen molar-refractivity contribution in [1.29, 1.82) is 0 Å². The molecule has 0 amide bonds. The Morgan fingerprint density at radius 1 is 1.00 bits per heavy atom. The van der Waals surface area contributed by atoms with Gasteiger partial charge in [-0.2, -0.15) is 0 Å². The van der Waals surface area contributed by atoms with E-state index in [0.717, 1.165) is 17.9 Å². The molecule has 0 saturated carbocycles. The van der Waals surface area contributed by atoms with E-state index in [1.807, 2.05) is 36.4 Å². The average Bonchev–Trinajstić information content (AvgIpc) is 3.22. The molecule has 2 heteroatoms. The molecule has 1 fully saturated rings. The van der Waals surface area contributed by atoms with Crippen LogP contribution in [0.4, 0.5) is 0 Å². The Bertz CT molecular complexity index is 489. The van der Waals surface area contributed by atoms with Crippen molar-refractivity contribution in [1.82, 2.24) is 0 Å². The normalized spacial score (nSPS) is 17.8. The van der Waals surface area contributed by atoms with Crippen LogP contribution in [-0.2, 0) is 11.3 Å². The zero-order chi connectivity index (χ0) is 11.5. The highest BCUT2D eigenvalue weighted by atomic mass is 16.6. The molecule has 1 atom stereocenters. The van der Waals surface area contributed by atoms with Crippen LogP contribution in [0.3, 0.4) is 0 Å². The van der Waals surface area contributed by atoms with E-state index >= 15 is 0 Å². The molecule has 0 spiro atoms. The summed E-state index contributed by atoms with van der Waals surface area (Å²) in [4.78, 5) is 0. The molecule has 2 aromatic rings. The lowest BCUT2D eigenvalue weighted by atomic mass is 10.1. The Balaban J connectivity index is 1.73. The van der Waals surface area contributed by atoms with E-state index in [9.17, 15) is 0 Å². The van der Waals surface area contributed by atoms with Gasteiger partial charge in [-0.05, 0) is 11.6 Å². The zero-order valence-electron chi connectivity index (χ0n) is 9.50. The quantitative estimate of drug-likeness (QED) is 0.746. The van der Waals surface area contributed by atoms with Gasteiger partial charge >= 0.3 is 0 Å². The second kappa shape index (κ2) is 4.60. The Labute approximate surface area is 101 Å². The number of para-hydroxylation sites is 1. The van der Waals surface area contributed by atoms with E-state index in [1.165, 1.54) is 5.56 Å². The molecule has 1 aliphatic rings. The highest BCUT2D eigenvalue weighted by molar-refractivity contribution is 5.37. The number of hydrogen-bond acceptors (Lipinski definition) is 2. The third kappa shape index (κ3) is 2.48. The Morgan fingerprint density at radius 2 is 1.71 bits per heavy atom. The third-order valence-corrected chi connectivity index (χ3v) is 2.84. The van der Waals surface area contributed by atoms with E-state index in [1.54, 1.807) is 0 Å². The summed E-state index contributed by atoms with van der Waals surface area (Å²) >= 11 is 0. The van der Waals surface area contributed by atoms with Crippen LogP contribution in [0.25, 0.3) is 0 Å². The predicted octanol–water partition coefficient (Wildman–Crippen LogP) is 3.34. The van der Waals surface area contributed by atoms with Crippen LogP contribution in [0.15, 0.2) is 54.6 Å². The van der Waals surface area contributed by atoms with Crippen molar-refractivity contribution in [2.45, 2.75) is 12.7 Å². The summed E-state index contributed by atoms with van der Waals surface area (Å²) in [5.41, 5.74) is 2.34. The molecule has 2 aromatic carbocycles. The fourth-order valence-electron chi connectivity index (χ4n) is 1.84. The minimum Gasteiger partial charge on any atom is -0.489 e. The first-order valence-corrected chi connectivity index (χ1v) is 5.81. The molecule has 0 bridgehead atoms. The molecule has 0 aliphatic carbocycles. The van der Waals surface area contributed by atoms with Gasteiger partial charge in [0.1, 0.15) is 18.5 Å². The SMILES string of the molecule is c1ccc(COc2ccccc2[C@H]2CO2)cc1. The lowest BCUT2D eigenvalue weighted by Crippen LogP contribution is -1.97. The van der Waals surface area contributed by atoms with E-state index < -0.39 is 0 Å². The van der Waals surface area contributed by atoms with E-state index in [0.29, 0.717) is 6.61 Å². The van der Waals surface area contributed by atoms with Gasteiger partial charge in [0.15, 0.2) is 0 Å². The van der Waals surface area contributed by atoms with Crippen molar-refractivity contribution in [2.75, 3.05) is 6.61 Å². The van der Waals surface area contributed by atoms with E-state index in [-0.39, 0.29) is 6.10 Å². The number of epoxide rings is 1. The molecule has 1 aliphatic heterocycles. The maximum absolute atomic E-state index is 5.84. The number of benzene rings is 2. The van der Waals surface area contributed by atoms with Gasteiger partial charge in [-0.15, -0.1) is 0 Å². The molecule has 0 N–H and O–H groups in total. The summed E-state index contributed by atoms with van der Waals surface area (Å²) in [5, 5.41) is 0. The van der Waals surface area contributed by atoms with Crippen LogP contribution >= 0.6 is 0 Å². The minimum atomic E-state index is 0.238. The molecule has 0 unspecified atom stereocenters. The number of rotatable bonds is 4.